The van der Waals surface area contributed by atoms with Gasteiger partial charge in [0, 0.05) is 5.92 Å². The van der Waals surface area contributed by atoms with Crippen molar-refractivity contribution in [2.45, 2.75) is 58.9 Å². The van der Waals surface area contributed by atoms with E-state index in [1.54, 1.807) is 0 Å². The third-order valence-corrected chi connectivity index (χ3v) is 3.63. The molecule has 0 radical (unpaired) electrons. The molecule has 1 aliphatic rings. The zero-order chi connectivity index (χ0) is 13.7. The Balaban J connectivity index is 2.52. The van der Waals surface area contributed by atoms with E-state index in [4.69, 9.17) is 5.11 Å². The number of aliphatic carboxylic acids is 1. The second kappa shape index (κ2) is 6.76. The predicted octanol–water partition coefficient (Wildman–Crippen LogP) is 2.43. The number of hydrogen-bond donors (Lipinski definition) is 2. The number of carbonyl (C=O) groups excluding carboxylic acids is 1. The van der Waals surface area contributed by atoms with E-state index in [1.807, 2.05) is 13.8 Å². The molecule has 2 N–H and O–H groups in total. The highest BCUT2D eigenvalue weighted by molar-refractivity contribution is 5.85. The first-order chi connectivity index (χ1) is 8.40. The van der Waals surface area contributed by atoms with E-state index < -0.39 is 12.0 Å². The van der Waals surface area contributed by atoms with Crippen molar-refractivity contribution in [3.63, 3.8) is 0 Å². The van der Waals surface area contributed by atoms with E-state index in [9.17, 15) is 9.59 Å². The molecule has 18 heavy (non-hydrogen) atoms. The minimum Gasteiger partial charge on any atom is -0.480 e. The number of carboxylic acid groups (broad SMARTS) is 1. The highest BCUT2D eigenvalue weighted by atomic mass is 16.4. The Morgan fingerprint density at radius 3 is 2.50 bits per heavy atom. The fourth-order valence-corrected chi connectivity index (χ4v) is 2.65. The van der Waals surface area contributed by atoms with Crippen molar-refractivity contribution in [1.82, 2.24) is 5.32 Å². The van der Waals surface area contributed by atoms with Crippen molar-refractivity contribution in [2.24, 2.45) is 17.8 Å². The Hall–Kier alpha value is -1.06. The van der Waals surface area contributed by atoms with E-state index in [0.29, 0.717) is 12.3 Å². The quantitative estimate of drug-likeness (QED) is 0.793. The lowest BCUT2D eigenvalue weighted by molar-refractivity contribution is -0.143. The summed E-state index contributed by atoms with van der Waals surface area (Å²) in [5, 5.41) is 11.8. The SMILES string of the molecule is CC(C)C[C@H](NC(=O)[C@@H]1CCC[C@H](C)C1)C(=O)O. The molecule has 0 heterocycles. The molecule has 3 atom stereocenters. The van der Waals surface area contributed by atoms with Gasteiger partial charge in [-0.1, -0.05) is 33.6 Å². The zero-order valence-electron chi connectivity index (χ0n) is 11.6. The number of carboxylic acids is 1. The molecule has 1 fully saturated rings. The van der Waals surface area contributed by atoms with Gasteiger partial charge >= 0.3 is 5.97 Å². The van der Waals surface area contributed by atoms with Crippen molar-refractivity contribution >= 4 is 11.9 Å². The normalized spacial score (nSPS) is 25.8. The molecule has 0 aromatic carbocycles. The molecule has 4 heteroatoms. The van der Waals surface area contributed by atoms with Crippen LogP contribution in [-0.2, 0) is 9.59 Å². The smallest absolute Gasteiger partial charge is 0.326 e. The summed E-state index contributed by atoms with van der Waals surface area (Å²) in [7, 11) is 0. The topological polar surface area (TPSA) is 66.4 Å². The fourth-order valence-electron chi connectivity index (χ4n) is 2.65. The van der Waals surface area contributed by atoms with Crippen molar-refractivity contribution in [1.29, 1.82) is 0 Å². The van der Waals surface area contributed by atoms with Crippen LogP contribution in [0, 0.1) is 17.8 Å². The predicted molar refractivity (Wildman–Crippen MR) is 70.1 cm³/mol. The van der Waals surface area contributed by atoms with Gasteiger partial charge in [0.1, 0.15) is 6.04 Å². The van der Waals surface area contributed by atoms with Gasteiger partial charge in [-0.15, -0.1) is 0 Å². The van der Waals surface area contributed by atoms with Crippen LogP contribution in [0.4, 0.5) is 0 Å². The largest absolute Gasteiger partial charge is 0.480 e. The zero-order valence-corrected chi connectivity index (χ0v) is 11.6. The average Bonchev–Trinajstić information content (AvgIpc) is 2.27. The highest BCUT2D eigenvalue weighted by Gasteiger charge is 2.28. The van der Waals surface area contributed by atoms with Gasteiger partial charge in [-0.25, -0.2) is 4.79 Å². The molecule has 0 aromatic heterocycles. The summed E-state index contributed by atoms with van der Waals surface area (Å²) >= 11 is 0. The average molecular weight is 255 g/mol. The maximum absolute atomic E-state index is 12.1. The van der Waals surface area contributed by atoms with Crippen LogP contribution in [0.1, 0.15) is 52.9 Å². The summed E-state index contributed by atoms with van der Waals surface area (Å²) in [5.41, 5.74) is 0. The lowest BCUT2D eigenvalue weighted by atomic mass is 9.82. The first kappa shape index (κ1) is 15.0. The summed E-state index contributed by atoms with van der Waals surface area (Å²) in [4.78, 5) is 23.2. The first-order valence-corrected chi connectivity index (χ1v) is 6.93. The van der Waals surface area contributed by atoms with Gasteiger partial charge in [0.2, 0.25) is 5.91 Å². The molecule has 0 aliphatic heterocycles. The second-order valence-electron chi connectivity index (χ2n) is 6.00. The van der Waals surface area contributed by atoms with Gasteiger partial charge in [-0.2, -0.15) is 0 Å². The molecular formula is C14H25NO3. The van der Waals surface area contributed by atoms with E-state index in [-0.39, 0.29) is 17.7 Å². The van der Waals surface area contributed by atoms with E-state index >= 15 is 0 Å². The molecule has 4 nitrogen and oxygen atoms in total. The van der Waals surface area contributed by atoms with Crippen LogP contribution in [0.25, 0.3) is 0 Å². The first-order valence-electron chi connectivity index (χ1n) is 6.93. The van der Waals surface area contributed by atoms with Crippen molar-refractivity contribution in [3.8, 4) is 0 Å². The molecule has 0 saturated heterocycles. The van der Waals surface area contributed by atoms with Crippen molar-refractivity contribution in [2.75, 3.05) is 0 Å². The Morgan fingerprint density at radius 1 is 1.33 bits per heavy atom. The lowest BCUT2D eigenvalue weighted by Gasteiger charge is -2.27. The van der Waals surface area contributed by atoms with Crippen LogP contribution >= 0.6 is 0 Å². The molecule has 1 saturated carbocycles. The van der Waals surface area contributed by atoms with Gasteiger partial charge in [0.05, 0.1) is 0 Å². The van der Waals surface area contributed by atoms with Crippen molar-refractivity contribution in [3.05, 3.63) is 0 Å². The fraction of sp³-hybridized carbons (Fsp3) is 0.857. The van der Waals surface area contributed by atoms with Crippen LogP contribution in [0.5, 0.6) is 0 Å². The second-order valence-corrected chi connectivity index (χ2v) is 6.00. The highest BCUT2D eigenvalue weighted by Crippen LogP contribution is 2.28. The van der Waals surface area contributed by atoms with E-state index in [2.05, 4.69) is 12.2 Å². The summed E-state index contributed by atoms with van der Waals surface area (Å²) in [6.07, 6.45) is 4.52. The number of carbonyl (C=O) groups is 2. The van der Waals surface area contributed by atoms with Crippen LogP contribution in [-0.4, -0.2) is 23.0 Å². The van der Waals surface area contributed by atoms with Crippen LogP contribution < -0.4 is 5.32 Å². The maximum atomic E-state index is 12.1. The van der Waals surface area contributed by atoms with E-state index in [1.165, 1.54) is 6.42 Å². The third kappa shape index (κ3) is 4.67. The Bertz CT molecular complexity index is 301. The standard InChI is InChI=1S/C14H25NO3/c1-9(2)7-12(14(17)18)15-13(16)11-6-4-5-10(3)8-11/h9-12H,4-8H2,1-3H3,(H,15,16)(H,17,18)/t10-,11+,12-/m0/s1. The van der Waals surface area contributed by atoms with Crippen molar-refractivity contribution < 1.29 is 14.7 Å². The number of rotatable bonds is 5. The van der Waals surface area contributed by atoms with Crippen LogP contribution in [0.3, 0.4) is 0 Å². The summed E-state index contributed by atoms with van der Waals surface area (Å²) in [6.45, 7) is 6.08. The molecule has 0 spiro atoms. The number of amides is 1. The lowest BCUT2D eigenvalue weighted by Crippen LogP contribution is -2.45. The summed E-state index contributed by atoms with van der Waals surface area (Å²) in [6, 6.07) is -0.741. The van der Waals surface area contributed by atoms with Crippen LogP contribution in [0.15, 0.2) is 0 Å². The Kier molecular flexibility index (Phi) is 5.63. The third-order valence-electron chi connectivity index (χ3n) is 3.63. The number of hydrogen-bond acceptors (Lipinski definition) is 2. The molecule has 1 aliphatic carbocycles. The molecule has 0 unspecified atom stereocenters. The monoisotopic (exact) mass is 255 g/mol. The van der Waals surface area contributed by atoms with Gasteiger partial charge in [0.15, 0.2) is 0 Å². The minimum atomic E-state index is -0.930. The van der Waals surface area contributed by atoms with Gasteiger partial charge < -0.3 is 10.4 Å². The number of nitrogens with one attached hydrogen (secondary N) is 1. The molecule has 1 rings (SSSR count). The van der Waals surface area contributed by atoms with Gasteiger partial charge in [-0.3, -0.25) is 4.79 Å². The van der Waals surface area contributed by atoms with Gasteiger partial charge in [0.25, 0.3) is 0 Å². The minimum absolute atomic E-state index is 0.00256. The Morgan fingerprint density at radius 2 is 2.00 bits per heavy atom. The summed E-state index contributed by atoms with van der Waals surface area (Å²) < 4.78 is 0. The molecular weight excluding hydrogens is 230 g/mol. The Labute approximate surface area is 109 Å². The van der Waals surface area contributed by atoms with Crippen LogP contribution in [0.2, 0.25) is 0 Å². The molecule has 1 amide bonds. The molecule has 0 aromatic rings. The molecule has 104 valence electrons. The van der Waals surface area contributed by atoms with Gasteiger partial charge in [-0.05, 0) is 31.1 Å². The summed E-state index contributed by atoms with van der Waals surface area (Å²) in [5.74, 6) is -0.169. The maximum Gasteiger partial charge on any atom is 0.326 e. The van der Waals surface area contributed by atoms with E-state index in [0.717, 1.165) is 19.3 Å². The molecule has 0 bridgehead atoms.